The summed E-state index contributed by atoms with van der Waals surface area (Å²) in [7, 11) is -3.16. The van der Waals surface area contributed by atoms with Gasteiger partial charge >= 0.3 is 0 Å². The standard InChI is InChI=1S/C13H21N3O4S/c1-3-15(21(2,19)20)10-6-9-14-11-12-7-4-5-8-13(12)16(17)18/h4-5,7-8,14H,3,6,9-11H2,1-2H3. The molecule has 0 saturated heterocycles. The van der Waals surface area contributed by atoms with E-state index in [0.29, 0.717) is 38.2 Å². The van der Waals surface area contributed by atoms with Crippen molar-refractivity contribution in [1.29, 1.82) is 0 Å². The summed E-state index contributed by atoms with van der Waals surface area (Å²) < 4.78 is 24.2. The zero-order valence-corrected chi connectivity index (χ0v) is 13.1. The van der Waals surface area contributed by atoms with Gasteiger partial charge in [-0.1, -0.05) is 25.1 Å². The summed E-state index contributed by atoms with van der Waals surface area (Å²) in [5.74, 6) is 0. The van der Waals surface area contributed by atoms with E-state index in [9.17, 15) is 18.5 Å². The molecule has 118 valence electrons. The summed E-state index contributed by atoms with van der Waals surface area (Å²) in [4.78, 5) is 10.5. The highest BCUT2D eigenvalue weighted by Crippen LogP contribution is 2.16. The summed E-state index contributed by atoms with van der Waals surface area (Å²) in [5.41, 5.74) is 0.717. The molecule has 1 rings (SSSR count). The predicted octanol–water partition coefficient (Wildman–Crippen LogP) is 1.36. The van der Waals surface area contributed by atoms with E-state index in [0.717, 1.165) is 0 Å². The van der Waals surface area contributed by atoms with Crippen LogP contribution in [0.2, 0.25) is 0 Å². The Morgan fingerprint density at radius 1 is 1.33 bits per heavy atom. The fraction of sp³-hybridized carbons (Fsp3) is 0.538. The maximum Gasteiger partial charge on any atom is 0.273 e. The van der Waals surface area contributed by atoms with Crippen LogP contribution in [0.15, 0.2) is 24.3 Å². The van der Waals surface area contributed by atoms with Gasteiger partial charge in [-0.15, -0.1) is 0 Å². The number of nitrogens with zero attached hydrogens (tertiary/aromatic N) is 2. The quantitative estimate of drug-likeness (QED) is 0.422. The Morgan fingerprint density at radius 3 is 2.57 bits per heavy atom. The van der Waals surface area contributed by atoms with Crippen molar-refractivity contribution in [2.75, 3.05) is 25.9 Å². The second kappa shape index (κ2) is 8.06. The number of hydrogen-bond donors (Lipinski definition) is 1. The molecule has 0 atom stereocenters. The maximum absolute atomic E-state index is 11.4. The third-order valence-corrected chi connectivity index (χ3v) is 4.47. The molecular weight excluding hydrogens is 294 g/mol. The van der Waals surface area contributed by atoms with E-state index in [1.54, 1.807) is 25.1 Å². The summed E-state index contributed by atoms with van der Waals surface area (Å²) >= 11 is 0. The molecule has 0 aliphatic carbocycles. The number of benzene rings is 1. The number of para-hydroxylation sites is 1. The Bertz CT molecular complexity index is 575. The zero-order chi connectivity index (χ0) is 15.9. The minimum atomic E-state index is -3.16. The fourth-order valence-electron chi connectivity index (χ4n) is 2.00. The van der Waals surface area contributed by atoms with Crippen molar-refractivity contribution < 1.29 is 13.3 Å². The van der Waals surface area contributed by atoms with E-state index in [1.807, 2.05) is 0 Å². The van der Waals surface area contributed by atoms with Crippen molar-refractivity contribution >= 4 is 15.7 Å². The Labute approximate surface area is 125 Å². The highest BCUT2D eigenvalue weighted by molar-refractivity contribution is 7.88. The van der Waals surface area contributed by atoms with Gasteiger partial charge in [0.1, 0.15) is 0 Å². The first-order valence-corrected chi connectivity index (χ1v) is 8.59. The third kappa shape index (κ3) is 5.78. The Kier molecular flexibility index (Phi) is 6.73. The van der Waals surface area contributed by atoms with Crippen molar-refractivity contribution in [3.8, 4) is 0 Å². The first-order valence-electron chi connectivity index (χ1n) is 6.74. The molecule has 7 nitrogen and oxygen atoms in total. The Morgan fingerprint density at radius 2 is 2.00 bits per heavy atom. The van der Waals surface area contributed by atoms with Crippen LogP contribution in [-0.2, 0) is 16.6 Å². The second-order valence-corrected chi connectivity index (χ2v) is 6.65. The van der Waals surface area contributed by atoms with Gasteiger partial charge in [-0.2, -0.15) is 0 Å². The van der Waals surface area contributed by atoms with Crippen molar-refractivity contribution in [2.24, 2.45) is 0 Å². The number of nitro groups is 1. The first kappa shape index (κ1) is 17.5. The molecule has 0 saturated carbocycles. The molecule has 0 aliphatic rings. The average molecular weight is 315 g/mol. The molecule has 0 fully saturated rings. The molecule has 8 heteroatoms. The lowest BCUT2D eigenvalue weighted by molar-refractivity contribution is -0.385. The monoisotopic (exact) mass is 315 g/mol. The van der Waals surface area contributed by atoms with Crippen molar-refractivity contribution in [3.05, 3.63) is 39.9 Å². The van der Waals surface area contributed by atoms with Crippen molar-refractivity contribution in [1.82, 2.24) is 9.62 Å². The van der Waals surface area contributed by atoms with Crippen LogP contribution in [0.4, 0.5) is 5.69 Å². The van der Waals surface area contributed by atoms with Crippen LogP contribution in [0.5, 0.6) is 0 Å². The highest BCUT2D eigenvalue weighted by Gasteiger charge is 2.14. The summed E-state index contributed by atoms with van der Waals surface area (Å²) in [6.45, 7) is 3.67. The topological polar surface area (TPSA) is 92.5 Å². The molecule has 1 aromatic carbocycles. The predicted molar refractivity (Wildman–Crippen MR) is 81.5 cm³/mol. The van der Waals surface area contributed by atoms with E-state index < -0.39 is 14.9 Å². The molecule has 0 amide bonds. The molecule has 0 aliphatic heterocycles. The Balaban J connectivity index is 2.40. The van der Waals surface area contributed by atoms with Crippen molar-refractivity contribution in [3.63, 3.8) is 0 Å². The van der Waals surface area contributed by atoms with E-state index in [-0.39, 0.29) is 5.69 Å². The van der Waals surface area contributed by atoms with E-state index >= 15 is 0 Å². The van der Waals surface area contributed by atoms with Crippen LogP contribution in [-0.4, -0.2) is 43.5 Å². The minimum Gasteiger partial charge on any atom is -0.312 e. The normalized spacial score (nSPS) is 11.8. The molecule has 1 N–H and O–H groups in total. The minimum absolute atomic E-state index is 0.0938. The third-order valence-electron chi connectivity index (χ3n) is 3.09. The summed E-state index contributed by atoms with van der Waals surface area (Å²) in [5, 5.41) is 14.0. The van der Waals surface area contributed by atoms with Gasteiger partial charge in [0.05, 0.1) is 11.2 Å². The Hall–Kier alpha value is -1.51. The number of nitro benzene ring substituents is 1. The number of sulfonamides is 1. The largest absolute Gasteiger partial charge is 0.312 e. The smallest absolute Gasteiger partial charge is 0.273 e. The molecule has 0 spiro atoms. The van der Waals surface area contributed by atoms with Crippen LogP contribution in [0, 0.1) is 10.1 Å². The van der Waals surface area contributed by atoms with Gasteiger partial charge in [0.25, 0.3) is 5.69 Å². The molecule has 0 radical (unpaired) electrons. The molecule has 21 heavy (non-hydrogen) atoms. The molecule has 0 bridgehead atoms. The van der Waals surface area contributed by atoms with Gasteiger partial charge in [-0.25, -0.2) is 12.7 Å². The second-order valence-electron chi connectivity index (χ2n) is 4.67. The molecule has 0 aromatic heterocycles. The number of rotatable bonds is 9. The van der Waals surface area contributed by atoms with Crippen LogP contribution >= 0.6 is 0 Å². The number of hydrogen-bond acceptors (Lipinski definition) is 5. The highest BCUT2D eigenvalue weighted by atomic mass is 32.2. The van der Waals surface area contributed by atoms with Gasteiger partial charge < -0.3 is 5.32 Å². The fourth-order valence-corrected chi connectivity index (χ4v) is 2.93. The van der Waals surface area contributed by atoms with Gasteiger partial charge in [0.15, 0.2) is 0 Å². The SMILES string of the molecule is CCN(CCCNCc1ccccc1[N+](=O)[O-])S(C)(=O)=O. The van der Waals surface area contributed by atoms with Gasteiger partial charge in [-0.3, -0.25) is 10.1 Å². The lowest BCUT2D eigenvalue weighted by Gasteiger charge is -2.17. The van der Waals surface area contributed by atoms with Crippen LogP contribution < -0.4 is 5.32 Å². The van der Waals surface area contributed by atoms with Gasteiger partial charge in [0.2, 0.25) is 10.0 Å². The van der Waals surface area contributed by atoms with E-state index in [2.05, 4.69) is 5.32 Å². The van der Waals surface area contributed by atoms with Crippen LogP contribution in [0.1, 0.15) is 18.9 Å². The molecule has 0 heterocycles. The van der Waals surface area contributed by atoms with Crippen molar-refractivity contribution in [2.45, 2.75) is 19.9 Å². The summed E-state index contributed by atoms with van der Waals surface area (Å²) in [6.07, 6.45) is 1.85. The average Bonchev–Trinajstić information content (AvgIpc) is 2.41. The van der Waals surface area contributed by atoms with Gasteiger partial charge in [0, 0.05) is 31.3 Å². The molecular formula is C13H21N3O4S. The van der Waals surface area contributed by atoms with Crippen LogP contribution in [0.3, 0.4) is 0 Å². The number of nitrogens with one attached hydrogen (secondary N) is 1. The maximum atomic E-state index is 11.4. The lowest BCUT2D eigenvalue weighted by Crippen LogP contribution is -2.32. The van der Waals surface area contributed by atoms with E-state index in [1.165, 1.54) is 16.6 Å². The molecule has 0 unspecified atom stereocenters. The van der Waals surface area contributed by atoms with Crippen LogP contribution in [0.25, 0.3) is 0 Å². The first-order chi connectivity index (χ1) is 9.86. The lowest BCUT2D eigenvalue weighted by atomic mass is 10.2. The summed E-state index contributed by atoms with van der Waals surface area (Å²) in [6, 6.07) is 6.57. The molecule has 1 aromatic rings. The van der Waals surface area contributed by atoms with E-state index in [4.69, 9.17) is 0 Å². The zero-order valence-electron chi connectivity index (χ0n) is 12.3. The van der Waals surface area contributed by atoms with Gasteiger partial charge in [-0.05, 0) is 13.0 Å².